The van der Waals surface area contributed by atoms with Gasteiger partial charge in [-0.3, -0.25) is 20.3 Å². The first-order chi connectivity index (χ1) is 7.56. The van der Waals surface area contributed by atoms with Gasteiger partial charge in [0.2, 0.25) is 5.91 Å². The molecule has 7 nitrogen and oxygen atoms in total. The zero-order valence-corrected chi connectivity index (χ0v) is 9.41. The number of furan rings is 1. The number of amides is 4. The number of halogens is 1. The lowest BCUT2D eigenvalue weighted by Gasteiger charge is -2.12. The minimum atomic E-state index is -0.663. The number of carbonyl (C=O) groups is 3. The number of rotatable bonds is 2. The Morgan fingerprint density at radius 1 is 1.50 bits per heavy atom. The molecule has 0 atom stereocenters. The minimum Gasteiger partial charge on any atom is -0.444 e. The molecule has 1 aromatic heterocycles. The highest BCUT2D eigenvalue weighted by Crippen LogP contribution is 2.13. The quantitative estimate of drug-likeness (QED) is 0.762. The van der Waals surface area contributed by atoms with Crippen molar-refractivity contribution < 1.29 is 18.8 Å². The van der Waals surface area contributed by atoms with Crippen molar-refractivity contribution in [1.29, 1.82) is 0 Å². The van der Waals surface area contributed by atoms with Crippen LogP contribution in [-0.4, -0.2) is 29.4 Å². The normalized spacial score (nSPS) is 15.2. The summed E-state index contributed by atoms with van der Waals surface area (Å²) in [6.07, 6.45) is 0. The van der Waals surface area contributed by atoms with E-state index in [1.807, 2.05) is 5.32 Å². The largest absolute Gasteiger partial charge is 0.444 e. The predicted octanol–water partition coefficient (Wildman–Crippen LogP) is 0.239. The molecular weight excluding hydrogens is 282 g/mol. The molecule has 4 amide bonds. The summed E-state index contributed by atoms with van der Waals surface area (Å²) in [6, 6.07) is 2.32. The van der Waals surface area contributed by atoms with Crippen molar-refractivity contribution in [3.8, 4) is 0 Å². The van der Waals surface area contributed by atoms with Crippen LogP contribution in [0.5, 0.6) is 0 Å². The molecule has 2 heterocycles. The summed E-state index contributed by atoms with van der Waals surface area (Å²) in [4.78, 5) is 33.4. The van der Waals surface area contributed by atoms with Crippen LogP contribution in [-0.2, 0) is 4.79 Å². The van der Waals surface area contributed by atoms with Crippen molar-refractivity contribution in [1.82, 2.24) is 15.8 Å². The minimum absolute atomic E-state index is 0.0408. The van der Waals surface area contributed by atoms with Crippen LogP contribution in [0.1, 0.15) is 10.6 Å². The topological polar surface area (TPSA) is 91.7 Å². The Bertz CT molecular complexity index is 470. The molecule has 0 spiro atoms. The molecule has 1 saturated heterocycles. The monoisotopic (exact) mass is 287 g/mol. The van der Waals surface area contributed by atoms with E-state index >= 15 is 0 Å². The fourth-order valence-corrected chi connectivity index (χ4v) is 1.45. The second-order valence-corrected chi connectivity index (χ2v) is 3.77. The van der Waals surface area contributed by atoms with Crippen molar-refractivity contribution in [3.63, 3.8) is 0 Å². The molecule has 0 aromatic carbocycles. The summed E-state index contributed by atoms with van der Waals surface area (Å²) in [7, 11) is 0. The van der Waals surface area contributed by atoms with Crippen LogP contribution >= 0.6 is 15.9 Å². The zero-order chi connectivity index (χ0) is 11.7. The Morgan fingerprint density at radius 3 is 2.75 bits per heavy atom. The molecule has 0 unspecified atom stereocenters. The highest BCUT2D eigenvalue weighted by atomic mass is 79.9. The average molecular weight is 288 g/mol. The number of nitrogens with one attached hydrogen (secondary N) is 2. The smallest absolute Gasteiger partial charge is 0.343 e. The lowest BCUT2D eigenvalue weighted by molar-refractivity contribution is -0.118. The zero-order valence-electron chi connectivity index (χ0n) is 7.82. The number of hydrogen-bond acceptors (Lipinski definition) is 4. The summed E-state index contributed by atoms with van der Waals surface area (Å²) in [5.41, 5.74) is 2.24. The van der Waals surface area contributed by atoms with Gasteiger partial charge in [0.15, 0.2) is 10.4 Å². The predicted molar refractivity (Wildman–Crippen MR) is 54.1 cm³/mol. The van der Waals surface area contributed by atoms with E-state index in [1.54, 1.807) is 6.07 Å². The first-order valence-electron chi connectivity index (χ1n) is 4.24. The van der Waals surface area contributed by atoms with Gasteiger partial charge in [0, 0.05) is 0 Å². The Hall–Kier alpha value is -1.83. The number of carbonyl (C=O) groups excluding carboxylic acids is 3. The maximum absolute atomic E-state index is 11.5. The Balaban J connectivity index is 2.03. The average Bonchev–Trinajstić information content (AvgIpc) is 2.74. The van der Waals surface area contributed by atoms with Crippen molar-refractivity contribution >= 4 is 33.8 Å². The van der Waals surface area contributed by atoms with Gasteiger partial charge in [-0.25, -0.2) is 9.80 Å². The van der Waals surface area contributed by atoms with Crippen LogP contribution in [0.15, 0.2) is 21.2 Å². The van der Waals surface area contributed by atoms with Crippen molar-refractivity contribution in [2.45, 2.75) is 0 Å². The SMILES string of the molecule is O=C1CN(NC(=O)c2ccc(Br)o2)C(=O)N1. The summed E-state index contributed by atoms with van der Waals surface area (Å²) < 4.78 is 5.38. The highest BCUT2D eigenvalue weighted by Gasteiger charge is 2.28. The first kappa shape index (κ1) is 10.7. The molecule has 8 heteroatoms. The standard InChI is InChI=1S/C8H6BrN3O4/c9-5-2-1-4(16-5)7(14)11-12-3-6(13)10-8(12)15/h1-2H,3H2,(H,11,14)(H,10,13,15). The number of nitrogens with zero attached hydrogens (tertiary/aromatic N) is 1. The number of urea groups is 1. The van der Waals surface area contributed by atoms with Crippen molar-refractivity contribution in [2.24, 2.45) is 0 Å². The van der Waals surface area contributed by atoms with E-state index in [-0.39, 0.29) is 12.3 Å². The molecule has 1 fully saturated rings. The summed E-state index contributed by atoms with van der Waals surface area (Å²) in [6.45, 7) is -0.202. The molecule has 84 valence electrons. The van der Waals surface area contributed by atoms with E-state index < -0.39 is 17.8 Å². The summed E-state index contributed by atoms with van der Waals surface area (Å²) in [5.74, 6) is -1.03. The Labute approximate surface area is 97.9 Å². The molecule has 1 aliphatic rings. The van der Waals surface area contributed by atoms with Gasteiger partial charge < -0.3 is 4.42 Å². The van der Waals surface area contributed by atoms with Gasteiger partial charge in [-0.15, -0.1) is 0 Å². The van der Waals surface area contributed by atoms with Crippen LogP contribution in [0.2, 0.25) is 0 Å². The molecule has 1 aliphatic heterocycles. The van der Waals surface area contributed by atoms with Gasteiger partial charge >= 0.3 is 11.9 Å². The van der Waals surface area contributed by atoms with Gasteiger partial charge in [0.25, 0.3) is 0 Å². The van der Waals surface area contributed by atoms with Crippen molar-refractivity contribution in [3.05, 3.63) is 22.6 Å². The third kappa shape index (κ3) is 2.06. The van der Waals surface area contributed by atoms with E-state index in [9.17, 15) is 14.4 Å². The van der Waals surface area contributed by atoms with Gasteiger partial charge in [-0.2, -0.15) is 0 Å². The first-order valence-corrected chi connectivity index (χ1v) is 5.03. The maximum Gasteiger partial charge on any atom is 0.343 e. The lowest BCUT2D eigenvalue weighted by atomic mass is 10.4. The molecule has 16 heavy (non-hydrogen) atoms. The fourth-order valence-electron chi connectivity index (χ4n) is 1.15. The third-order valence-corrected chi connectivity index (χ3v) is 2.25. The molecule has 2 rings (SSSR count). The number of hydrazine groups is 1. The second-order valence-electron chi connectivity index (χ2n) is 2.98. The molecule has 0 aliphatic carbocycles. The summed E-state index contributed by atoms with van der Waals surface area (Å²) in [5, 5.41) is 2.90. The second kappa shape index (κ2) is 3.97. The molecule has 0 saturated carbocycles. The molecule has 0 radical (unpaired) electrons. The van der Waals surface area contributed by atoms with Gasteiger partial charge in [-0.05, 0) is 28.1 Å². The Kier molecular flexibility index (Phi) is 2.65. The molecule has 0 bridgehead atoms. The highest BCUT2D eigenvalue weighted by molar-refractivity contribution is 9.10. The van der Waals surface area contributed by atoms with Gasteiger partial charge in [0.05, 0.1) is 0 Å². The third-order valence-electron chi connectivity index (χ3n) is 1.83. The van der Waals surface area contributed by atoms with Crippen LogP contribution in [0.4, 0.5) is 4.79 Å². The maximum atomic E-state index is 11.5. The lowest BCUT2D eigenvalue weighted by Crippen LogP contribution is -2.44. The van der Waals surface area contributed by atoms with Crippen LogP contribution in [0.3, 0.4) is 0 Å². The van der Waals surface area contributed by atoms with Crippen LogP contribution in [0, 0.1) is 0 Å². The van der Waals surface area contributed by atoms with Crippen LogP contribution < -0.4 is 10.7 Å². The van der Waals surface area contributed by atoms with E-state index in [1.165, 1.54) is 6.07 Å². The number of hydrogen-bond donors (Lipinski definition) is 2. The summed E-state index contributed by atoms with van der Waals surface area (Å²) >= 11 is 3.04. The van der Waals surface area contributed by atoms with Crippen molar-refractivity contribution in [2.75, 3.05) is 6.54 Å². The fraction of sp³-hybridized carbons (Fsp3) is 0.125. The van der Waals surface area contributed by atoms with E-state index in [2.05, 4.69) is 21.4 Å². The van der Waals surface area contributed by atoms with Gasteiger partial charge in [0.1, 0.15) is 6.54 Å². The van der Waals surface area contributed by atoms with E-state index in [0.29, 0.717) is 4.67 Å². The number of imide groups is 1. The van der Waals surface area contributed by atoms with E-state index in [0.717, 1.165) is 5.01 Å². The molecule has 1 aromatic rings. The molecular formula is C8H6BrN3O4. The van der Waals surface area contributed by atoms with Crippen LogP contribution in [0.25, 0.3) is 0 Å². The van der Waals surface area contributed by atoms with Gasteiger partial charge in [-0.1, -0.05) is 0 Å². The Morgan fingerprint density at radius 2 is 2.25 bits per heavy atom. The molecule has 2 N–H and O–H groups in total. The van der Waals surface area contributed by atoms with E-state index in [4.69, 9.17) is 4.42 Å².